The minimum atomic E-state index is -0.720. The van der Waals surface area contributed by atoms with Crippen molar-refractivity contribution >= 4 is 0 Å². The maximum absolute atomic E-state index is 9.52. The van der Waals surface area contributed by atoms with Crippen LogP contribution in [0.5, 0.6) is 0 Å². The molecule has 1 heterocycles. The van der Waals surface area contributed by atoms with Gasteiger partial charge in [0.15, 0.2) is 0 Å². The Hall–Kier alpha value is -0.800. The van der Waals surface area contributed by atoms with Crippen LogP contribution in [0.4, 0.5) is 0 Å². The summed E-state index contributed by atoms with van der Waals surface area (Å²) in [7, 11) is 1.62. The minimum Gasteiger partial charge on any atom is -0.464 e. The van der Waals surface area contributed by atoms with Gasteiger partial charge >= 0.3 is 0 Å². The second-order valence-electron chi connectivity index (χ2n) is 3.79. The van der Waals surface area contributed by atoms with E-state index in [1.807, 2.05) is 12.1 Å². The van der Waals surface area contributed by atoms with E-state index in [2.05, 4.69) is 0 Å². The zero-order valence-electron chi connectivity index (χ0n) is 8.33. The smallest absolute Gasteiger partial charge is 0.129 e. The zero-order valence-corrected chi connectivity index (χ0v) is 8.33. The third-order valence-corrected chi connectivity index (χ3v) is 1.61. The number of hydrogen-bond acceptors (Lipinski definition) is 3. The van der Waals surface area contributed by atoms with E-state index in [-0.39, 0.29) is 0 Å². The lowest BCUT2D eigenvalue weighted by atomic mass is 10.0. The highest BCUT2D eigenvalue weighted by atomic mass is 16.5. The molecule has 0 aliphatic heterocycles. The molecule has 74 valence electrons. The molecule has 1 rings (SSSR count). The SMILES string of the molecule is COCc1ccc(CC(C)(C)O)o1. The highest BCUT2D eigenvalue weighted by molar-refractivity contribution is 5.08. The van der Waals surface area contributed by atoms with Gasteiger partial charge in [-0.05, 0) is 26.0 Å². The molecule has 0 aliphatic carbocycles. The van der Waals surface area contributed by atoms with Gasteiger partial charge in [-0.2, -0.15) is 0 Å². The lowest BCUT2D eigenvalue weighted by Crippen LogP contribution is -2.21. The maximum Gasteiger partial charge on any atom is 0.129 e. The first-order chi connectivity index (χ1) is 6.01. The molecule has 0 atom stereocenters. The average molecular weight is 184 g/mol. The molecule has 1 N–H and O–H groups in total. The van der Waals surface area contributed by atoms with Crippen LogP contribution in [-0.2, 0) is 17.8 Å². The Bertz CT molecular complexity index is 257. The Balaban J connectivity index is 2.59. The molecule has 1 aromatic rings. The Morgan fingerprint density at radius 3 is 2.54 bits per heavy atom. The fourth-order valence-corrected chi connectivity index (χ4v) is 1.16. The summed E-state index contributed by atoms with van der Waals surface area (Å²) in [4.78, 5) is 0. The molecule has 0 fully saturated rings. The highest BCUT2D eigenvalue weighted by Crippen LogP contribution is 2.15. The summed E-state index contributed by atoms with van der Waals surface area (Å²) in [5, 5.41) is 9.52. The van der Waals surface area contributed by atoms with Gasteiger partial charge in [-0.3, -0.25) is 0 Å². The number of hydrogen-bond donors (Lipinski definition) is 1. The molecule has 0 saturated heterocycles. The van der Waals surface area contributed by atoms with Crippen LogP contribution >= 0.6 is 0 Å². The van der Waals surface area contributed by atoms with E-state index in [9.17, 15) is 5.11 Å². The summed E-state index contributed by atoms with van der Waals surface area (Å²) < 4.78 is 10.3. The third kappa shape index (κ3) is 3.61. The molecule has 13 heavy (non-hydrogen) atoms. The normalized spacial score (nSPS) is 12.0. The van der Waals surface area contributed by atoms with Crippen molar-refractivity contribution in [3.8, 4) is 0 Å². The van der Waals surface area contributed by atoms with Gasteiger partial charge in [0.05, 0.1) is 5.60 Å². The van der Waals surface area contributed by atoms with Crippen molar-refractivity contribution in [3.05, 3.63) is 23.7 Å². The van der Waals surface area contributed by atoms with Crippen LogP contribution in [0.25, 0.3) is 0 Å². The van der Waals surface area contributed by atoms with Crippen molar-refractivity contribution in [2.24, 2.45) is 0 Å². The van der Waals surface area contributed by atoms with Gasteiger partial charge in [0.25, 0.3) is 0 Å². The quantitative estimate of drug-likeness (QED) is 0.775. The first kappa shape index (κ1) is 10.3. The van der Waals surface area contributed by atoms with Crippen LogP contribution in [-0.4, -0.2) is 17.8 Å². The number of ether oxygens (including phenoxy) is 1. The van der Waals surface area contributed by atoms with Crippen molar-refractivity contribution in [1.82, 2.24) is 0 Å². The van der Waals surface area contributed by atoms with Crippen LogP contribution in [0.1, 0.15) is 25.4 Å². The summed E-state index contributed by atoms with van der Waals surface area (Å²) in [6.07, 6.45) is 0.525. The van der Waals surface area contributed by atoms with Crippen LogP contribution in [0.3, 0.4) is 0 Å². The molecular weight excluding hydrogens is 168 g/mol. The standard InChI is InChI=1S/C10H16O3/c1-10(2,11)6-8-4-5-9(13-8)7-12-3/h4-5,11H,6-7H2,1-3H3. The summed E-state index contributed by atoms with van der Waals surface area (Å²) in [6.45, 7) is 3.99. The molecule has 0 radical (unpaired) electrons. The number of rotatable bonds is 4. The number of aliphatic hydroxyl groups is 1. The molecule has 1 aromatic heterocycles. The first-order valence-corrected chi connectivity index (χ1v) is 4.30. The van der Waals surface area contributed by atoms with Crippen LogP contribution in [0, 0.1) is 0 Å². The zero-order chi connectivity index (χ0) is 9.90. The van der Waals surface area contributed by atoms with Gasteiger partial charge < -0.3 is 14.3 Å². The van der Waals surface area contributed by atoms with Crippen molar-refractivity contribution in [2.45, 2.75) is 32.5 Å². The van der Waals surface area contributed by atoms with Gasteiger partial charge in [0.1, 0.15) is 18.1 Å². The van der Waals surface area contributed by atoms with Crippen molar-refractivity contribution in [2.75, 3.05) is 7.11 Å². The van der Waals surface area contributed by atoms with Crippen molar-refractivity contribution in [1.29, 1.82) is 0 Å². The lowest BCUT2D eigenvalue weighted by Gasteiger charge is -2.14. The van der Waals surface area contributed by atoms with Crippen molar-refractivity contribution in [3.63, 3.8) is 0 Å². The fraction of sp³-hybridized carbons (Fsp3) is 0.600. The van der Waals surface area contributed by atoms with Gasteiger partial charge in [0, 0.05) is 13.5 Å². The fourth-order valence-electron chi connectivity index (χ4n) is 1.16. The lowest BCUT2D eigenvalue weighted by molar-refractivity contribution is 0.0737. The van der Waals surface area contributed by atoms with Crippen LogP contribution in [0.2, 0.25) is 0 Å². The number of furan rings is 1. The molecule has 0 spiro atoms. The molecule has 3 nitrogen and oxygen atoms in total. The molecule has 0 amide bonds. The summed E-state index contributed by atoms with van der Waals surface area (Å²) >= 11 is 0. The largest absolute Gasteiger partial charge is 0.464 e. The number of methoxy groups -OCH3 is 1. The van der Waals surface area contributed by atoms with E-state index in [4.69, 9.17) is 9.15 Å². The van der Waals surface area contributed by atoms with Gasteiger partial charge in [-0.25, -0.2) is 0 Å². The molecule has 0 aliphatic rings. The molecule has 0 unspecified atom stereocenters. The minimum absolute atomic E-state index is 0.478. The Morgan fingerprint density at radius 2 is 2.00 bits per heavy atom. The Labute approximate surface area is 78.3 Å². The second kappa shape index (κ2) is 3.94. The molecule has 0 bridgehead atoms. The third-order valence-electron chi connectivity index (χ3n) is 1.61. The Morgan fingerprint density at radius 1 is 1.38 bits per heavy atom. The molecule has 0 saturated carbocycles. The molecular formula is C10H16O3. The van der Waals surface area contributed by atoms with E-state index in [0.29, 0.717) is 13.0 Å². The highest BCUT2D eigenvalue weighted by Gasteiger charge is 2.15. The topological polar surface area (TPSA) is 42.6 Å². The van der Waals surface area contributed by atoms with E-state index < -0.39 is 5.60 Å². The first-order valence-electron chi connectivity index (χ1n) is 4.30. The van der Waals surface area contributed by atoms with Crippen molar-refractivity contribution < 1.29 is 14.3 Å². The van der Waals surface area contributed by atoms with Crippen LogP contribution in [0.15, 0.2) is 16.5 Å². The van der Waals surface area contributed by atoms with Gasteiger partial charge in [-0.1, -0.05) is 0 Å². The van der Waals surface area contributed by atoms with E-state index >= 15 is 0 Å². The predicted octanol–water partition coefficient (Wildman–Crippen LogP) is 1.74. The summed E-state index contributed by atoms with van der Waals surface area (Å²) in [6, 6.07) is 3.73. The predicted molar refractivity (Wildman–Crippen MR) is 49.4 cm³/mol. The van der Waals surface area contributed by atoms with E-state index in [0.717, 1.165) is 11.5 Å². The van der Waals surface area contributed by atoms with Gasteiger partial charge in [0.2, 0.25) is 0 Å². The van der Waals surface area contributed by atoms with Gasteiger partial charge in [-0.15, -0.1) is 0 Å². The summed E-state index contributed by atoms with van der Waals surface area (Å²) in [5.74, 6) is 1.58. The maximum atomic E-state index is 9.52. The van der Waals surface area contributed by atoms with E-state index in [1.54, 1.807) is 21.0 Å². The second-order valence-corrected chi connectivity index (χ2v) is 3.79. The summed E-state index contributed by atoms with van der Waals surface area (Å²) in [5.41, 5.74) is -0.720. The van der Waals surface area contributed by atoms with Crippen LogP contribution < -0.4 is 0 Å². The van der Waals surface area contributed by atoms with E-state index in [1.165, 1.54) is 0 Å². The monoisotopic (exact) mass is 184 g/mol. The molecule has 0 aromatic carbocycles. The Kier molecular flexibility index (Phi) is 3.12. The average Bonchev–Trinajstić information content (AvgIpc) is 2.33. The molecule has 3 heteroatoms.